The molecule has 2 aliphatic heterocycles. The lowest BCUT2D eigenvalue weighted by molar-refractivity contribution is 0.188. The van der Waals surface area contributed by atoms with Crippen LogP contribution >= 0.6 is 11.8 Å². The highest BCUT2D eigenvalue weighted by Gasteiger charge is 2.25. The van der Waals surface area contributed by atoms with E-state index in [1.807, 2.05) is 11.8 Å². The molecule has 0 amide bonds. The van der Waals surface area contributed by atoms with Crippen molar-refractivity contribution in [3.8, 4) is 0 Å². The number of aliphatic hydroxyl groups excluding tert-OH is 1. The first-order chi connectivity index (χ1) is 10.5. The zero-order valence-corrected chi connectivity index (χ0v) is 14.7. The van der Waals surface area contributed by atoms with E-state index in [-0.39, 0.29) is 18.4 Å². The molecule has 2 aliphatic rings. The quantitative estimate of drug-likeness (QED) is 0.509. The summed E-state index contributed by atoms with van der Waals surface area (Å²) < 4.78 is 26.1. The largest absolute Gasteiger partial charge is 0.391 e. The summed E-state index contributed by atoms with van der Waals surface area (Å²) in [6.45, 7) is 5.47. The Morgan fingerprint density at radius 2 is 2.09 bits per heavy atom. The molecule has 2 saturated heterocycles. The molecule has 128 valence electrons. The van der Waals surface area contributed by atoms with Gasteiger partial charge in [-0.15, -0.1) is 0 Å². The van der Waals surface area contributed by atoms with Gasteiger partial charge in [0.05, 0.1) is 18.4 Å². The highest BCUT2D eigenvalue weighted by molar-refractivity contribution is 7.99. The lowest BCUT2D eigenvalue weighted by atomic mass is 10.3. The number of rotatable bonds is 5. The lowest BCUT2D eigenvalue weighted by Crippen LogP contribution is -2.42. The van der Waals surface area contributed by atoms with E-state index in [2.05, 4.69) is 10.3 Å². The van der Waals surface area contributed by atoms with Gasteiger partial charge in [0.1, 0.15) is 0 Å². The van der Waals surface area contributed by atoms with Crippen LogP contribution in [-0.4, -0.2) is 91.3 Å². The van der Waals surface area contributed by atoms with E-state index in [1.165, 1.54) is 0 Å². The van der Waals surface area contributed by atoms with E-state index in [9.17, 15) is 13.5 Å². The number of nitrogens with one attached hydrogen (secondary N) is 1. The predicted octanol–water partition coefficient (Wildman–Crippen LogP) is -0.603. The number of aliphatic hydroxyl groups is 1. The monoisotopic (exact) mass is 350 g/mol. The van der Waals surface area contributed by atoms with Gasteiger partial charge in [-0.2, -0.15) is 11.8 Å². The second kappa shape index (κ2) is 8.37. The summed E-state index contributed by atoms with van der Waals surface area (Å²) in [6.07, 6.45) is 0.409. The van der Waals surface area contributed by atoms with Crippen molar-refractivity contribution < 1.29 is 13.5 Å². The van der Waals surface area contributed by atoms with Gasteiger partial charge in [0.2, 0.25) is 10.0 Å². The second-order valence-electron chi connectivity index (χ2n) is 5.45. The zero-order valence-electron chi connectivity index (χ0n) is 13.1. The SMILES string of the molecule is CCNC(=NCCS(=O)(=O)N1CCSCC1)N1CC[C@@H](O)C1. The molecule has 0 unspecified atom stereocenters. The normalized spacial score (nSPS) is 24.7. The molecule has 1 atom stereocenters. The Labute approximate surface area is 137 Å². The molecule has 0 aromatic rings. The number of nitrogens with zero attached hydrogens (tertiary/aromatic N) is 3. The molecule has 2 fully saturated rings. The van der Waals surface area contributed by atoms with Crippen LogP contribution in [0.15, 0.2) is 4.99 Å². The Hall–Kier alpha value is -0.510. The van der Waals surface area contributed by atoms with Crippen LogP contribution in [0.5, 0.6) is 0 Å². The Morgan fingerprint density at radius 1 is 1.36 bits per heavy atom. The van der Waals surface area contributed by atoms with Crippen LogP contribution in [0.1, 0.15) is 13.3 Å². The molecule has 0 spiro atoms. The smallest absolute Gasteiger partial charge is 0.215 e. The zero-order chi connectivity index (χ0) is 16.0. The summed E-state index contributed by atoms with van der Waals surface area (Å²) in [5.74, 6) is 2.49. The Bertz CT molecular complexity index is 478. The molecule has 2 N–H and O–H groups in total. The summed E-state index contributed by atoms with van der Waals surface area (Å²) in [6, 6.07) is 0. The molecule has 2 rings (SSSR count). The first kappa shape index (κ1) is 17.8. The van der Waals surface area contributed by atoms with Crippen LogP contribution in [0.4, 0.5) is 0 Å². The van der Waals surface area contributed by atoms with Crippen molar-refractivity contribution in [2.45, 2.75) is 19.4 Å². The van der Waals surface area contributed by atoms with Gasteiger partial charge in [-0.3, -0.25) is 4.99 Å². The van der Waals surface area contributed by atoms with Crippen LogP contribution in [0.25, 0.3) is 0 Å². The molecule has 0 aliphatic carbocycles. The van der Waals surface area contributed by atoms with Crippen LogP contribution in [-0.2, 0) is 10.0 Å². The summed E-state index contributed by atoms with van der Waals surface area (Å²) in [4.78, 5) is 6.40. The van der Waals surface area contributed by atoms with Crippen LogP contribution < -0.4 is 5.32 Å². The third-order valence-electron chi connectivity index (χ3n) is 3.77. The highest BCUT2D eigenvalue weighted by Crippen LogP contribution is 2.13. The molecular weight excluding hydrogens is 324 g/mol. The molecule has 0 aromatic carbocycles. The number of hydrogen-bond acceptors (Lipinski definition) is 5. The predicted molar refractivity (Wildman–Crippen MR) is 90.9 cm³/mol. The lowest BCUT2D eigenvalue weighted by Gasteiger charge is -2.25. The van der Waals surface area contributed by atoms with Crippen LogP contribution in [0.2, 0.25) is 0 Å². The highest BCUT2D eigenvalue weighted by atomic mass is 32.2. The summed E-state index contributed by atoms with van der Waals surface area (Å²) in [7, 11) is -3.21. The van der Waals surface area contributed by atoms with E-state index in [0.717, 1.165) is 31.0 Å². The number of hydrogen-bond donors (Lipinski definition) is 2. The number of β-amino-alcohol motifs (C(OH)–C–C–N with tert-alkyl or cyclic N) is 1. The minimum Gasteiger partial charge on any atom is -0.391 e. The molecule has 0 saturated carbocycles. The molecule has 2 heterocycles. The van der Waals surface area contributed by atoms with Crippen molar-refractivity contribution in [1.29, 1.82) is 0 Å². The maximum absolute atomic E-state index is 12.3. The Kier molecular flexibility index (Phi) is 6.79. The van der Waals surface area contributed by atoms with E-state index in [0.29, 0.717) is 25.6 Å². The topological polar surface area (TPSA) is 85.2 Å². The minimum atomic E-state index is -3.21. The maximum Gasteiger partial charge on any atom is 0.215 e. The number of thioether (sulfide) groups is 1. The van der Waals surface area contributed by atoms with Gasteiger partial charge < -0.3 is 15.3 Å². The third kappa shape index (κ3) is 5.00. The fourth-order valence-electron chi connectivity index (χ4n) is 2.58. The Morgan fingerprint density at radius 3 is 2.68 bits per heavy atom. The number of sulfonamides is 1. The number of aliphatic imine (C=N–C) groups is 1. The standard InChI is InChI=1S/C13H26N4O3S2/c1-2-14-13(16-5-3-12(18)11-16)15-4-10-22(19,20)17-6-8-21-9-7-17/h12,18H,2-11H2,1H3,(H,14,15)/t12-/m1/s1. The molecule has 9 heteroatoms. The van der Waals surface area contributed by atoms with Crippen molar-refractivity contribution in [3.05, 3.63) is 0 Å². The van der Waals surface area contributed by atoms with Gasteiger partial charge in [-0.05, 0) is 13.3 Å². The van der Waals surface area contributed by atoms with Gasteiger partial charge >= 0.3 is 0 Å². The first-order valence-corrected chi connectivity index (χ1v) is 10.6. The second-order valence-corrected chi connectivity index (χ2v) is 8.76. The van der Waals surface area contributed by atoms with Crippen LogP contribution in [0, 0.1) is 0 Å². The summed E-state index contributed by atoms with van der Waals surface area (Å²) >= 11 is 1.79. The average molecular weight is 351 g/mol. The van der Waals surface area contributed by atoms with Gasteiger partial charge in [0.25, 0.3) is 0 Å². The average Bonchev–Trinajstić information content (AvgIpc) is 2.94. The molecule has 0 radical (unpaired) electrons. The molecule has 22 heavy (non-hydrogen) atoms. The summed E-state index contributed by atoms with van der Waals surface area (Å²) in [5.41, 5.74) is 0. The van der Waals surface area contributed by atoms with E-state index >= 15 is 0 Å². The van der Waals surface area contributed by atoms with E-state index < -0.39 is 10.0 Å². The van der Waals surface area contributed by atoms with E-state index in [4.69, 9.17) is 0 Å². The molecule has 0 aromatic heterocycles. The molecule has 0 bridgehead atoms. The van der Waals surface area contributed by atoms with Crippen molar-refractivity contribution in [2.75, 3.05) is 56.5 Å². The third-order valence-corrected chi connectivity index (χ3v) is 6.56. The van der Waals surface area contributed by atoms with E-state index in [1.54, 1.807) is 16.1 Å². The van der Waals surface area contributed by atoms with Crippen molar-refractivity contribution in [2.24, 2.45) is 4.99 Å². The van der Waals surface area contributed by atoms with Crippen molar-refractivity contribution in [1.82, 2.24) is 14.5 Å². The van der Waals surface area contributed by atoms with Gasteiger partial charge in [0.15, 0.2) is 5.96 Å². The van der Waals surface area contributed by atoms with Crippen LogP contribution in [0.3, 0.4) is 0 Å². The fourth-order valence-corrected chi connectivity index (χ4v) is 5.03. The number of guanidine groups is 1. The number of likely N-dealkylation sites (tertiary alicyclic amines) is 1. The first-order valence-electron chi connectivity index (χ1n) is 7.80. The molecule has 7 nitrogen and oxygen atoms in total. The fraction of sp³-hybridized carbons (Fsp3) is 0.923. The van der Waals surface area contributed by atoms with Crippen molar-refractivity contribution in [3.63, 3.8) is 0 Å². The maximum atomic E-state index is 12.3. The summed E-state index contributed by atoms with van der Waals surface area (Å²) in [5, 5.41) is 12.8. The van der Waals surface area contributed by atoms with Gasteiger partial charge in [-0.1, -0.05) is 0 Å². The van der Waals surface area contributed by atoms with Crippen molar-refractivity contribution >= 4 is 27.7 Å². The van der Waals surface area contributed by atoms with Gasteiger partial charge in [-0.25, -0.2) is 12.7 Å². The molecular formula is C13H26N4O3S2. The van der Waals surface area contributed by atoms with Gasteiger partial charge in [0, 0.05) is 44.2 Å². The Balaban J connectivity index is 1.90. The minimum absolute atomic E-state index is 0.0446.